The van der Waals surface area contributed by atoms with Crippen LogP contribution < -0.4 is 20.3 Å². The molecule has 0 saturated carbocycles. The largest absolute Gasteiger partial charge is 0.495 e. The van der Waals surface area contributed by atoms with E-state index in [1.165, 1.54) is 50.4 Å². The predicted octanol–water partition coefficient (Wildman–Crippen LogP) is 3.57. The van der Waals surface area contributed by atoms with Gasteiger partial charge in [-0.1, -0.05) is 0 Å². The SMILES string of the molecule is COc1ccc([N+](=O)[O-])cc1NC(=O)C(C)OC(=O)c1cc(=O)[nH]c2ccc(S(=O)(=O)Nc3ccc(F)cc3)cc12. The Morgan fingerprint density at radius 3 is 2.41 bits per heavy atom. The number of non-ortho nitro benzene ring substituents is 1. The number of ether oxygens (including phenoxy) is 2. The van der Waals surface area contributed by atoms with Crippen LogP contribution in [-0.2, 0) is 19.6 Å². The number of pyridine rings is 1. The van der Waals surface area contributed by atoms with Crippen molar-refractivity contribution in [3.8, 4) is 5.75 Å². The minimum Gasteiger partial charge on any atom is -0.495 e. The summed E-state index contributed by atoms with van der Waals surface area (Å²) in [6, 6.07) is 12.6. The van der Waals surface area contributed by atoms with Crippen LogP contribution in [0, 0.1) is 15.9 Å². The number of nitrogens with zero attached hydrogens (tertiary/aromatic N) is 1. The van der Waals surface area contributed by atoms with E-state index in [1.807, 2.05) is 0 Å². The number of carbonyl (C=O) groups excluding carboxylic acids is 2. The molecule has 13 nitrogen and oxygen atoms in total. The fourth-order valence-electron chi connectivity index (χ4n) is 3.72. The lowest BCUT2D eigenvalue weighted by Gasteiger charge is -2.16. The predicted molar refractivity (Wildman–Crippen MR) is 145 cm³/mol. The normalized spacial score (nSPS) is 11.9. The van der Waals surface area contributed by atoms with Gasteiger partial charge >= 0.3 is 5.97 Å². The van der Waals surface area contributed by atoms with E-state index in [2.05, 4.69) is 15.0 Å². The van der Waals surface area contributed by atoms with Crippen LogP contribution >= 0.6 is 0 Å². The zero-order chi connectivity index (χ0) is 29.9. The Bertz CT molecular complexity index is 1840. The summed E-state index contributed by atoms with van der Waals surface area (Å²) < 4.78 is 51.7. The summed E-state index contributed by atoms with van der Waals surface area (Å²) in [5.74, 6) is -2.42. The van der Waals surface area contributed by atoms with E-state index in [4.69, 9.17) is 9.47 Å². The van der Waals surface area contributed by atoms with Crippen LogP contribution in [0.1, 0.15) is 17.3 Å². The quantitative estimate of drug-likeness (QED) is 0.150. The number of methoxy groups -OCH3 is 1. The van der Waals surface area contributed by atoms with Crippen LogP contribution in [0.2, 0.25) is 0 Å². The van der Waals surface area contributed by atoms with Crippen molar-refractivity contribution in [2.24, 2.45) is 0 Å². The van der Waals surface area contributed by atoms with Crippen molar-refractivity contribution in [2.45, 2.75) is 17.9 Å². The number of aromatic amines is 1. The van der Waals surface area contributed by atoms with Gasteiger partial charge in [-0.3, -0.25) is 24.4 Å². The number of esters is 1. The van der Waals surface area contributed by atoms with Crippen LogP contribution in [0.3, 0.4) is 0 Å². The number of aromatic nitrogens is 1. The van der Waals surface area contributed by atoms with Gasteiger partial charge in [0.25, 0.3) is 21.6 Å². The molecule has 15 heteroatoms. The minimum atomic E-state index is -4.20. The average molecular weight is 585 g/mol. The minimum absolute atomic E-state index is 0.00421. The third kappa shape index (κ3) is 6.47. The molecule has 1 atom stereocenters. The monoisotopic (exact) mass is 584 g/mol. The molecule has 1 unspecified atom stereocenters. The summed E-state index contributed by atoms with van der Waals surface area (Å²) in [7, 11) is -2.90. The first-order valence-corrected chi connectivity index (χ1v) is 13.2. The fraction of sp³-hybridized carbons (Fsp3) is 0.115. The number of carbonyl (C=O) groups is 2. The molecule has 0 fully saturated rings. The first-order chi connectivity index (χ1) is 19.4. The second-order valence-corrected chi connectivity index (χ2v) is 10.2. The van der Waals surface area contributed by atoms with E-state index < -0.39 is 44.3 Å². The van der Waals surface area contributed by atoms with E-state index in [0.717, 1.165) is 30.3 Å². The van der Waals surface area contributed by atoms with Crippen LogP contribution in [-0.4, -0.2) is 43.4 Å². The van der Waals surface area contributed by atoms with Gasteiger partial charge in [0.2, 0.25) is 5.56 Å². The third-order valence-corrected chi connectivity index (χ3v) is 7.12. The number of benzene rings is 3. The Balaban J connectivity index is 1.60. The zero-order valence-electron chi connectivity index (χ0n) is 21.3. The Hall–Kier alpha value is -5.31. The number of nitrogens with one attached hydrogen (secondary N) is 3. The van der Waals surface area contributed by atoms with Crippen molar-refractivity contribution in [1.82, 2.24) is 4.98 Å². The molecule has 0 spiro atoms. The summed E-state index contributed by atoms with van der Waals surface area (Å²) in [6.45, 7) is 1.23. The molecule has 4 aromatic rings. The first kappa shape index (κ1) is 28.7. The van der Waals surface area contributed by atoms with Crippen molar-refractivity contribution in [2.75, 3.05) is 17.1 Å². The summed E-state index contributed by atoms with van der Waals surface area (Å²) in [6.07, 6.45) is -1.45. The van der Waals surface area contributed by atoms with Crippen LogP contribution in [0.25, 0.3) is 10.9 Å². The van der Waals surface area contributed by atoms with Gasteiger partial charge in [0.05, 0.1) is 28.2 Å². The van der Waals surface area contributed by atoms with Crippen LogP contribution in [0.4, 0.5) is 21.5 Å². The molecule has 1 heterocycles. The Morgan fingerprint density at radius 1 is 1.05 bits per heavy atom. The summed E-state index contributed by atoms with van der Waals surface area (Å²) in [5, 5.41) is 13.5. The van der Waals surface area contributed by atoms with Gasteiger partial charge in [0, 0.05) is 34.8 Å². The Morgan fingerprint density at radius 2 is 1.76 bits per heavy atom. The molecule has 0 aliphatic heterocycles. The van der Waals surface area contributed by atoms with Crippen molar-refractivity contribution in [1.29, 1.82) is 0 Å². The molecule has 3 N–H and O–H groups in total. The van der Waals surface area contributed by atoms with E-state index in [9.17, 15) is 37.3 Å². The zero-order valence-corrected chi connectivity index (χ0v) is 22.2. The molecule has 0 aliphatic carbocycles. The molecule has 1 aromatic heterocycles. The molecule has 1 amide bonds. The second-order valence-electron chi connectivity index (χ2n) is 8.55. The lowest BCUT2D eigenvalue weighted by atomic mass is 10.1. The van der Waals surface area contributed by atoms with E-state index in [-0.39, 0.29) is 44.2 Å². The number of hydrogen-bond acceptors (Lipinski definition) is 9. The van der Waals surface area contributed by atoms with Crippen LogP contribution in [0.5, 0.6) is 5.75 Å². The highest BCUT2D eigenvalue weighted by atomic mass is 32.2. The molecular weight excluding hydrogens is 563 g/mol. The number of anilines is 2. The second kappa shape index (κ2) is 11.4. The van der Waals surface area contributed by atoms with E-state index in [1.54, 1.807) is 0 Å². The molecule has 4 rings (SSSR count). The molecule has 0 saturated heterocycles. The number of hydrogen-bond donors (Lipinski definition) is 3. The lowest BCUT2D eigenvalue weighted by molar-refractivity contribution is -0.384. The average Bonchev–Trinajstić information content (AvgIpc) is 2.93. The number of fused-ring (bicyclic) bond motifs is 1. The molecular formula is C26H21FN4O9S. The Labute approximate surface area is 231 Å². The molecule has 0 aliphatic rings. The highest BCUT2D eigenvalue weighted by Crippen LogP contribution is 2.29. The number of nitro groups is 1. The van der Waals surface area contributed by atoms with Gasteiger partial charge in [-0.05, 0) is 55.5 Å². The van der Waals surface area contributed by atoms with Crippen molar-refractivity contribution in [3.05, 3.63) is 98.6 Å². The lowest BCUT2D eigenvalue weighted by Crippen LogP contribution is -2.30. The number of H-pyrrole nitrogens is 1. The van der Waals surface area contributed by atoms with Gasteiger partial charge < -0.3 is 19.8 Å². The molecule has 212 valence electrons. The van der Waals surface area contributed by atoms with Gasteiger partial charge in [0.1, 0.15) is 11.6 Å². The topological polar surface area (TPSA) is 187 Å². The number of amides is 1. The maximum atomic E-state index is 13.2. The highest BCUT2D eigenvalue weighted by Gasteiger charge is 2.24. The molecule has 41 heavy (non-hydrogen) atoms. The fourth-order valence-corrected chi connectivity index (χ4v) is 4.80. The summed E-state index contributed by atoms with van der Waals surface area (Å²) in [5.41, 5.74) is -1.17. The van der Waals surface area contributed by atoms with Gasteiger partial charge in [-0.15, -0.1) is 0 Å². The number of sulfonamides is 1. The summed E-state index contributed by atoms with van der Waals surface area (Å²) in [4.78, 5) is 50.7. The first-order valence-electron chi connectivity index (χ1n) is 11.7. The standard InChI is InChI=1S/C26H21FN4O9S/c1-14(25(33)29-22-11-17(31(35)36)7-10-23(22)39-2)40-26(34)20-13-24(32)28-21-9-8-18(12-19(20)21)41(37,38)30-16-5-3-15(27)4-6-16/h3-14,30H,1-2H3,(H,28,32)(H,29,33). The van der Waals surface area contributed by atoms with Gasteiger partial charge in [-0.2, -0.15) is 0 Å². The van der Waals surface area contributed by atoms with Gasteiger partial charge in [-0.25, -0.2) is 17.6 Å². The van der Waals surface area contributed by atoms with Crippen LogP contribution in [0.15, 0.2) is 76.4 Å². The van der Waals surface area contributed by atoms with E-state index in [0.29, 0.717) is 0 Å². The van der Waals surface area contributed by atoms with Crippen molar-refractivity contribution < 1.29 is 36.8 Å². The van der Waals surface area contributed by atoms with Crippen molar-refractivity contribution in [3.63, 3.8) is 0 Å². The van der Waals surface area contributed by atoms with E-state index >= 15 is 0 Å². The molecule has 0 radical (unpaired) electrons. The smallest absolute Gasteiger partial charge is 0.339 e. The van der Waals surface area contributed by atoms with Gasteiger partial charge in [0.15, 0.2) is 6.10 Å². The van der Waals surface area contributed by atoms with Crippen molar-refractivity contribution >= 4 is 49.9 Å². The number of rotatable bonds is 9. The number of nitro benzene ring substituents is 1. The maximum Gasteiger partial charge on any atom is 0.339 e. The Kier molecular flexibility index (Phi) is 8.00. The maximum absolute atomic E-state index is 13.2. The summed E-state index contributed by atoms with van der Waals surface area (Å²) >= 11 is 0. The molecule has 3 aromatic carbocycles. The third-order valence-electron chi connectivity index (χ3n) is 5.75. The highest BCUT2D eigenvalue weighted by molar-refractivity contribution is 7.92. The molecule has 0 bridgehead atoms. The number of halogens is 1.